The van der Waals surface area contributed by atoms with Crippen molar-refractivity contribution in [3.05, 3.63) is 0 Å². The second-order valence-electron chi connectivity index (χ2n) is 4.71. The van der Waals surface area contributed by atoms with Gasteiger partial charge in [-0.25, -0.2) is 0 Å². The largest absolute Gasteiger partial charge is 0.338 e. The molecule has 0 aromatic heterocycles. The van der Waals surface area contributed by atoms with Crippen molar-refractivity contribution >= 4 is 5.91 Å². The molecule has 2 aliphatic rings. The van der Waals surface area contributed by atoms with Gasteiger partial charge in [-0.3, -0.25) is 4.79 Å². The highest BCUT2D eigenvalue weighted by molar-refractivity contribution is 5.79. The Morgan fingerprint density at radius 2 is 2.25 bits per heavy atom. The number of rotatable bonds is 4. The summed E-state index contributed by atoms with van der Waals surface area (Å²) >= 11 is 0. The van der Waals surface area contributed by atoms with E-state index in [9.17, 15) is 4.79 Å². The molecule has 0 unspecified atom stereocenters. The quantitative estimate of drug-likeness (QED) is 0.767. The second-order valence-corrected chi connectivity index (χ2v) is 4.71. The minimum atomic E-state index is 0.146. The van der Waals surface area contributed by atoms with E-state index in [0.717, 1.165) is 38.8 Å². The standard InChI is InChI=1S/C12H19N3O/c13-6-2-8-15(11-4-5-11)12(16)10-3-1-7-14-9-10/h10-11,14H,1-5,7-9H2/t10-/m0/s1. The molecule has 2 rings (SSSR count). The molecule has 0 bridgehead atoms. The number of carbonyl (C=O) groups is 1. The third-order valence-corrected chi connectivity index (χ3v) is 3.38. The van der Waals surface area contributed by atoms with Gasteiger partial charge in [0.15, 0.2) is 0 Å². The molecule has 1 aliphatic heterocycles. The summed E-state index contributed by atoms with van der Waals surface area (Å²) in [6, 6.07) is 2.56. The lowest BCUT2D eigenvalue weighted by Crippen LogP contribution is -2.44. The smallest absolute Gasteiger partial charge is 0.227 e. The van der Waals surface area contributed by atoms with Crippen molar-refractivity contribution < 1.29 is 4.79 Å². The van der Waals surface area contributed by atoms with Crippen molar-refractivity contribution in [1.82, 2.24) is 10.2 Å². The highest BCUT2D eigenvalue weighted by Crippen LogP contribution is 2.29. The first kappa shape index (κ1) is 11.4. The molecule has 88 valence electrons. The molecule has 1 amide bonds. The molecule has 1 heterocycles. The maximum Gasteiger partial charge on any atom is 0.227 e. The van der Waals surface area contributed by atoms with E-state index in [4.69, 9.17) is 5.26 Å². The van der Waals surface area contributed by atoms with E-state index in [2.05, 4.69) is 11.4 Å². The molecule has 1 atom stereocenters. The molecular formula is C12H19N3O. The molecule has 1 N–H and O–H groups in total. The number of carbonyl (C=O) groups excluding carboxylic acids is 1. The van der Waals surface area contributed by atoms with E-state index in [1.807, 2.05) is 4.90 Å². The van der Waals surface area contributed by atoms with Crippen LogP contribution < -0.4 is 5.32 Å². The molecule has 4 heteroatoms. The summed E-state index contributed by atoms with van der Waals surface area (Å²) in [6.07, 6.45) is 4.80. The Bertz CT molecular complexity index is 287. The zero-order valence-electron chi connectivity index (χ0n) is 9.61. The second kappa shape index (κ2) is 5.31. The lowest BCUT2D eigenvalue weighted by molar-refractivity contribution is -0.136. The molecule has 0 spiro atoms. The number of nitrogens with one attached hydrogen (secondary N) is 1. The van der Waals surface area contributed by atoms with Crippen LogP contribution in [0.1, 0.15) is 32.1 Å². The minimum Gasteiger partial charge on any atom is -0.338 e. The molecule has 1 aliphatic carbocycles. The summed E-state index contributed by atoms with van der Waals surface area (Å²) in [5, 5.41) is 11.9. The molecule has 2 fully saturated rings. The van der Waals surface area contributed by atoms with Crippen molar-refractivity contribution in [2.75, 3.05) is 19.6 Å². The maximum absolute atomic E-state index is 12.3. The fraction of sp³-hybridized carbons (Fsp3) is 0.833. The number of hydrogen-bond acceptors (Lipinski definition) is 3. The average Bonchev–Trinajstić information content (AvgIpc) is 3.15. The van der Waals surface area contributed by atoms with Gasteiger partial charge in [-0.1, -0.05) is 0 Å². The first-order valence-corrected chi connectivity index (χ1v) is 6.21. The van der Waals surface area contributed by atoms with E-state index < -0.39 is 0 Å². The van der Waals surface area contributed by atoms with E-state index in [0.29, 0.717) is 19.0 Å². The third-order valence-electron chi connectivity index (χ3n) is 3.38. The maximum atomic E-state index is 12.3. The van der Waals surface area contributed by atoms with Crippen molar-refractivity contribution in [2.24, 2.45) is 5.92 Å². The van der Waals surface area contributed by atoms with Crippen LogP contribution >= 0.6 is 0 Å². The Hall–Kier alpha value is -1.08. The number of piperidine rings is 1. The summed E-state index contributed by atoms with van der Waals surface area (Å²) in [5.41, 5.74) is 0. The molecule has 0 aromatic carbocycles. The SMILES string of the molecule is N#CCCN(C(=O)[C@H]1CCCNC1)C1CC1. The van der Waals surface area contributed by atoms with Gasteiger partial charge in [0, 0.05) is 19.1 Å². The van der Waals surface area contributed by atoms with Gasteiger partial charge < -0.3 is 10.2 Å². The number of nitriles is 1. The van der Waals surface area contributed by atoms with Crippen LogP contribution in [0.5, 0.6) is 0 Å². The third kappa shape index (κ3) is 2.73. The zero-order chi connectivity index (χ0) is 11.4. The lowest BCUT2D eigenvalue weighted by Gasteiger charge is -2.29. The van der Waals surface area contributed by atoms with Crippen LogP contribution in [0, 0.1) is 17.2 Å². The predicted octanol–water partition coefficient (Wildman–Crippen LogP) is 0.891. The van der Waals surface area contributed by atoms with Crippen LogP contribution in [0.25, 0.3) is 0 Å². The van der Waals surface area contributed by atoms with Gasteiger partial charge in [0.05, 0.1) is 18.4 Å². The van der Waals surface area contributed by atoms with Crippen molar-refractivity contribution in [2.45, 2.75) is 38.1 Å². The van der Waals surface area contributed by atoms with Gasteiger partial charge in [-0.05, 0) is 32.2 Å². The summed E-state index contributed by atoms with van der Waals surface area (Å²) in [4.78, 5) is 14.2. The normalized spacial score (nSPS) is 24.8. The van der Waals surface area contributed by atoms with Gasteiger partial charge in [0.25, 0.3) is 0 Å². The molecule has 0 aromatic rings. The summed E-state index contributed by atoms with van der Waals surface area (Å²) < 4.78 is 0. The number of amides is 1. The highest BCUT2D eigenvalue weighted by atomic mass is 16.2. The Labute approximate surface area is 96.6 Å². The van der Waals surface area contributed by atoms with Gasteiger partial charge in [0.1, 0.15) is 0 Å². The van der Waals surface area contributed by atoms with E-state index in [-0.39, 0.29) is 11.8 Å². The van der Waals surface area contributed by atoms with Crippen molar-refractivity contribution in [1.29, 1.82) is 5.26 Å². The first-order chi connectivity index (χ1) is 7.83. The van der Waals surface area contributed by atoms with Gasteiger partial charge >= 0.3 is 0 Å². The monoisotopic (exact) mass is 221 g/mol. The fourth-order valence-electron chi connectivity index (χ4n) is 2.33. The Balaban J connectivity index is 1.90. The molecular weight excluding hydrogens is 202 g/mol. The van der Waals surface area contributed by atoms with Crippen LogP contribution in [0.2, 0.25) is 0 Å². The summed E-state index contributed by atoms with van der Waals surface area (Å²) in [7, 11) is 0. The van der Waals surface area contributed by atoms with Gasteiger partial charge in [0.2, 0.25) is 5.91 Å². The highest BCUT2D eigenvalue weighted by Gasteiger charge is 2.35. The topological polar surface area (TPSA) is 56.1 Å². The van der Waals surface area contributed by atoms with E-state index in [1.54, 1.807) is 0 Å². The average molecular weight is 221 g/mol. The van der Waals surface area contributed by atoms with Gasteiger partial charge in [-0.15, -0.1) is 0 Å². The molecule has 1 saturated carbocycles. The molecule has 16 heavy (non-hydrogen) atoms. The minimum absolute atomic E-state index is 0.146. The van der Waals surface area contributed by atoms with E-state index >= 15 is 0 Å². The number of hydrogen-bond donors (Lipinski definition) is 1. The van der Waals surface area contributed by atoms with Crippen molar-refractivity contribution in [3.8, 4) is 6.07 Å². The van der Waals surface area contributed by atoms with E-state index in [1.165, 1.54) is 0 Å². The molecule has 0 radical (unpaired) electrons. The zero-order valence-corrected chi connectivity index (χ0v) is 9.61. The van der Waals surface area contributed by atoms with Crippen LogP contribution in [0.4, 0.5) is 0 Å². The summed E-state index contributed by atoms with van der Waals surface area (Å²) in [6.45, 7) is 2.47. The molecule has 4 nitrogen and oxygen atoms in total. The van der Waals surface area contributed by atoms with Crippen LogP contribution in [-0.4, -0.2) is 36.5 Å². The fourth-order valence-corrected chi connectivity index (χ4v) is 2.33. The van der Waals surface area contributed by atoms with Crippen molar-refractivity contribution in [3.63, 3.8) is 0 Å². The Morgan fingerprint density at radius 1 is 1.44 bits per heavy atom. The van der Waals surface area contributed by atoms with Crippen LogP contribution in [0.15, 0.2) is 0 Å². The van der Waals surface area contributed by atoms with Crippen LogP contribution in [-0.2, 0) is 4.79 Å². The van der Waals surface area contributed by atoms with Gasteiger partial charge in [-0.2, -0.15) is 5.26 Å². The molecule has 1 saturated heterocycles. The summed E-state index contributed by atoms with van der Waals surface area (Å²) in [5.74, 6) is 0.415. The predicted molar refractivity (Wildman–Crippen MR) is 60.6 cm³/mol. The number of nitrogens with zero attached hydrogens (tertiary/aromatic N) is 2. The van der Waals surface area contributed by atoms with Crippen LogP contribution in [0.3, 0.4) is 0 Å². The first-order valence-electron chi connectivity index (χ1n) is 6.21. The Morgan fingerprint density at radius 3 is 2.81 bits per heavy atom. The Kier molecular flexibility index (Phi) is 3.79. The lowest BCUT2D eigenvalue weighted by atomic mass is 9.98.